The number of aromatic nitrogens is 2. The molecule has 2 saturated heterocycles. The van der Waals surface area contributed by atoms with E-state index in [2.05, 4.69) is 15.3 Å². The number of amides is 1. The largest absolute Gasteiger partial charge is 0.489 e. The van der Waals surface area contributed by atoms with Crippen LogP contribution in [-0.2, 0) is 9.53 Å². The molecule has 4 rings (SSSR count). The fourth-order valence-electron chi connectivity index (χ4n) is 4.34. The Labute approximate surface area is 187 Å². The summed E-state index contributed by atoms with van der Waals surface area (Å²) in [6, 6.07) is 7.64. The number of hydrogen-bond acceptors (Lipinski definition) is 7. The van der Waals surface area contributed by atoms with E-state index in [1.54, 1.807) is 7.11 Å². The third kappa shape index (κ3) is 4.93. The quantitative estimate of drug-likeness (QED) is 0.705. The third-order valence-electron chi connectivity index (χ3n) is 6.08. The van der Waals surface area contributed by atoms with Crippen molar-refractivity contribution in [1.29, 1.82) is 0 Å². The van der Waals surface area contributed by atoms with Crippen LogP contribution in [0.3, 0.4) is 0 Å². The molecule has 3 atom stereocenters. The number of nitrogens with zero attached hydrogens (tertiary/aromatic N) is 4. The Balaban J connectivity index is 1.38. The zero-order chi connectivity index (χ0) is 22.7. The highest BCUT2D eigenvalue weighted by Gasteiger charge is 2.31. The van der Waals surface area contributed by atoms with Crippen molar-refractivity contribution >= 4 is 17.5 Å². The highest BCUT2D eigenvalue weighted by molar-refractivity contribution is 5.73. The van der Waals surface area contributed by atoms with Crippen LogP contribution in [0.1, 0.15) is 38.3 Å². The first-order chi connectivity index (χ1) is 15.4. The average Bonchev–Trinajstić information content (AvgIpc) is 3.43. The number of carbonyl (C=O) groups is 1. The van der Waals surface area contributed by atoms with Gasteiger partial charge in [-0.1, -0.05) is 12.1 Å². The lowest BCUT2D eigenvalue weighted by atomic mass is 10.1. The maximum absolute atomic E-state index is 15.3. The van der Waals surface area contributed by atoms with E-state index in [-0.39, 0.29) is 30.0 Å². The second kappa shape index (κ2) is 9.68. The SMILES string of the molecule is CO[C@@H]1CCN(c2ncnc(N3CC[C@@H](Oc4ccc([C@H](C)NC(C)=O)cc4)C3)c2F)C1. The van der Waals surface area contributed by atoms with E-state index in [1.807, 2.05) is 41.0 Å². The van der Waals surface area contributed by atoms with Crippen LogP contribution in [0.25, 0.3) is 0 Å². The number of carbonyl (C=O) groups excluding carboxylic acids is 1. The van der Waals surface area contributed by atoms with Crippen LogP contribution in [-0.4, -0.2) is 61.4 Å². The van der Waals surface area contributed by atoms with E-state index in [1.165, 1.54) is 13.3 Å². The monoisotopic (exact) mass is 443 g/mol. The molecule has 2 aliphatic heterocycles. The third-order valence-corrected chi connectivity index (χ3v) is 6.08. The Morgan fingerprint density at radius 3 is 2.25 bits per heavy atom. The van der Waals surface area contributed by atoms with Crippen molar-refractivity contribution < 1.29 is 18.7 Å². The highest BCUT2D eigenvalue weighted by atomic mass is 19.1. The molecule has 172 valence electrons. The van der Waals surface area contributed by atoms with Gasteiger partial charge in [-0.2, -0.15) is 4.39 Å². The van der Waals surface area contributed by atoms with Crippen molar-refractivity contribution in [1.82, 2.24) is 15.3 Å². The summed E-state index contributed by atoms with van der Waals surface area (Å²) in [5.41, 5.74) is 1.01. The van der Waals surface area contributed by atoms with Gasteiger partial charge in [0.05, 0.1) is 18.7 Å². The molecule has 0 radical (unpaired) electrons. The summed E-state index contributed by atoms with van der Waals surface area (Å²) in [7, 11) is 1.68. The van der Waals surface area contributed by atoms with Gasteiger partial charge in [-0.25, -0.2) is 9.97 Å². The molecule has 0 aliphatic carbocycles. The Hall–Kier alpha value is -2.94. The van der Waals surface area contributed by atoms with Crippen molar-refractivity contribution in [2.24, 2.45) is 0 Å². The topological polar surface area (TPSA) is 79.8 Å². The summed E-state index contributed by atoms with van der Waals surface area (Å²) in [5, 5.41) is 2.87. The molecule has 0 bridgehead atoms. The van der Waals surface area contributed by atoms with Gasteiger partial charge in [-0.15, -0.1) is 0 Å². The van der Waals surface area contributed by atoms with Crippen molar-refractivity contribution in [3.8, 4) is 5.75 Å². The van der Waals surface area contributed by atoms with Gasteiger partial charge < -0.3 is 24.6 Å². The van der Waals surface area contributed by atoms with E-state index in [0.717, 1.165) is 24.2 Å². The average molecular weight is 444 g/mol. The first-order valence-electron chi connectivity index (χ1n) is 11.0. The van der Waals surface area contributed by atoms with Crippen LogP contribution < -0.4 is 19.9 Å². The lowest BCUT2D eigenvalue weighted by molar-refractivity contribution is -0.119. The van der Waals surface area contributed by atoms with Gasteiger partial charge in [-0.05, 0) is 31.0 Å². The molecule has 1 aromatic heterocycles. The van der Waals surface area contributed by atoms with Crippen LogP contribution in [0.5, 0.6) is 5.75 Å². The molecule has 2 fully saturated rings. The lowest BCUT2D eigenvalue weighted by Crippen LogP contribution is -2.28. The Morgan fingerprint density at radius 1 is 1.09 bits per heavy atom. The van der Waals surface area contributed by atoms with Gasteiger partial charge in [0.15, 0.2) is 11.6 Å². The molecule has 2 aromatic rings. The molecule has 1 N–H and O–H groups in total. The first kappa shape index (κ1) is 22.3. The maximum Gasteiger partial charge on any atom is 0.217 e. The van der Waals surface area contributed by atoms with Gasteiger partial charge in [0.1, 0.15) is 18.2 Å². The van der Waals surface area contributed by atoms with E-state index in [9.17, 15) is 4.79 Å². The van der Waals surface area contributed by atoms with E-state index in [0.29, 0.717) is 37.8 Å². The fourth-order valence-corrected chi connectivity index (χ4v) is 4.34. The summed E-state index contributed by atoms with van der Waals surface area (Å²) >= 11 is 0. The first-order valence-corrected chi connectivity index (χ1v) is 11.0. The van der Waals surface area contributed by atoms with Crippen molar-refractivity contribution in [3.63, 3.8) is 0 Å². The number of benzene rings is 1. The molecule has 2 aliphatic rings. The highest BCUT2D eigenvalue weighted by Crippen LogP contribution is 2.30. The minimum Gasteiger partial charge on any atom is -0.489 e. The number of hydrogen-bond donors (Lipinski definition) is 1. The minimum absolute atomic E-state index is 0.0592. The normalized spacial score (nSPS) is 21.6. The molecular formula is C23H30FN5O3. The molecule has 1 aromatic carbocycles. The van der Waals surface area contributed by atoms with Crippen molar-refractivity contribution in [2.45, 2.75) is 44.9 Å². The van der Waals surface area contributed by atoms with Crippen LogP contribution >= 0.6 is 0 Å². The second-order valence-corrected chi connectivity index (χ2v) is 8.39. The second-order valence-electron chi connectivity index (χ2n) is 8.39. The van der Waals surface area contributed by atoms with Crippen LogP contribution in [0.4, 0.5) is 16.0 Å². The summed E-state index contributed by atoms with van der Waals surface area (Å²) < 4.78 is 26.8. The zero-order valence-corrected chi connectivity index (χ0v) is 18.8. The van der Waals surface area contributed by atoms with Gasteiger partial charge in [0.2, 0.25) is 11.7 Å². The Bertz CT molecular complexity index is 942. The van der Waals surface area contributed by atoms with Crippen molar-refractivity contribution in [3.05, 3.63) is 42.0 Å². The van der Waals surface area contributed by atoms with E-state index in [4.69, 9.17) is 9.47 Å². The molecule has 32 heavy (non-hydrogen) atoms. The molecule has 9 heteroatoms. The molecule has 3 heterocycles. The van der Waals surface area contributed by atoms with E-state index < -0.39 is 0 Å². The summed E-state index contributed by atoms with van der Waals surface area (Å²) in [5.74, 6) is 0.958. The van der Waals surface area contributed by atoms with Crippen molar-refractivity contribution in [2.75, 3.05) is 43.1 Å². The molecule has 0 saturated carbocycles. The molecule has 1 amide bonds. The minimum atomic E-state index is -0.388. The summed E-state index contributed by atoms with van der Waals surface area (Å²) in [4.78, 5) is 23.5. The smallest absolute Gasteiger partial charge is 0.217 e. The Kier molecular flexibility index (Phi) is 6.74. The van der Waals surface area contributed by atoms with E-state index >= 15 is 4.39 Å². The number of anilines is 2. The zero-order valence-electron chi connectivity index (χ0n) is 18.8. The standard InChI is InChI=1S/C23H30FN5O3/c1-15(27-16(2)30)17-4-6-18(7-5-17)32-20-9-11-29(13-20)23-21(24)22(25-14-26-23)28-10-8-19(12-28)31-3/h4-7,14-15,19-20H,8-13H2,1-3H3,(H,27,30)/t15-,19+,20+/m0/s1. The van der Waals surface area contributed by atoms with Crippen LogP contribution in [0.15, 0.2) is 30.6 Å². The molecular weight excluding hydrogens is 413 g/mol. The van der Waals surface area contributed by atoms with Gasteiger partial charge >= 0.3 is 0 Å². The molecule has 0 spiro atoms. The fraction of sp³-hybridized carbons (Fsp3) is 0.522. The van der Waals surface area contributed by atoms with Gasteiger partial charge in [0, 0.05) is 40.1 Å². The number of ether oxygens (including phenoxy) is 2. The Morgan fingerprint density at radius 2 is 1.69 bits per heavy atom. The lowest BCUT2D eigenvalue weighted by Gasteiger charge is -2.22. The summed E-state index contributed by atoms with van der Waals surface area (Å²) in [6.07, 6.45) is 3.10. The van der Waals surface area contributed by atoms with Gasteiger partial charge in [-0.3, -0.25) is 4.79 Å². The number of methoxy groups -OCH3 is 1. The maximum atomic E-state index is 15.3. The predicted octanol–water partition coefficient (Wildman–Crippen LogP) is 2.70. The van der Waals surface area contributed by atoms with Gasteiger partial charge in [0.25, 0.3) is 0 Å². The number of rotatable bonds is 7. The predicted molar refractivity (Wildman–Crippen MR) is 120 cm³/mol. The van der Waals surface area contributed by atoms with Crippen LogP contribution in [0, 0.1) is 5.82 Å². The van der Waals surface area contributed by atoms with Crippen LogP contribution in [0.2, 0.25) is 0 Å². The number of halogens is 1. The molecule has 8 nitrogen and oxygen atoms in total. The number of nitrogens with one attached hydrogen (secondary N) is 1. The molecule has 0 unspecified atom stereocenters. The summed E-state index contributed by atoms with van der Waals surface area (Å²) in [6.45, 7) is 6.01.